The zero-order chi connectivity index (χ0) is 14.7. The van der Waals surface area contributed by atoms with Crippen LogP contribution < -0.4 is 15.2 Å². The lowest BCUT2D eigenvalue weighted by Crippen LogP contribution is -2.23. The van der Waals surface area contributed by atoms with E-state index in [4.69, 9.17) is 15.2 Å². The Labute approximate surface area is 118 Å². The average molecular weight is 279 g/mol. The van der Waals surface area contributed by atoms with Crippen LogP contribution in [0.15, 0.2) is 12.1 Å². The van der Waals surface area contributed by atoms with Crippen LogP contribution in [0.4, 0.5) is 0 Å². The summed E-state index contributed by atoms with van der Waals surface area (Å²) in [5, 5.41) is 9.34. The van der Waals surface area contributed by atoms with Gasteiger partial charge in [0.1, 0.15) is 0 Å². The molecule has 1 unspecified atom stereocenters. The Morgan fingerprint density at radius 1 is 1.35 bits per heavy atom. The van der Waals surface area contributed by atoms with E-state index in [0.717, 1.165) is 17.5 Å². The lowest BCUT2D eigenvalue weighted by Gasteiger charge is -2.22. The number of aliphatic carboxylic acids is 1. The molecule has 0 aliphatic carbocycles. The Bertz CT molecular complexity index is 499. The van der Waals surface area contributed by atoms with Gasteiger partial charge in [-0.15, -0.1) is 0 Å². The molecule has 3 N–H and O–H groups in total. The van der Waals surface area contributed by atoms with E-state index < -0.39 is 11.9 Å². The van der Waals surface area contributed by atoms with Gasteiger partial charge < -0.3 is 20.3 Å². The SMILES string of the molecule is CC(C)c1c(C(CN)C(=O)O)ccc2c1OCCCO2. The van der Waals surface area contributed by atoms with Crippen LogP contribution in [0.2, 0.25) is 0 Å². The van der Waals surface area contributed by atoms with Crippen LogP contribution in [0, 0.1) is 0 Å². The summed E-state index contributed by atoms with van der Waals surface area (Å²) in [6, 6.07) is 3.59. The zero-order valence-electron chi connectivity index (χ0n) is 11.9. The Morgan fingerprint density at radius 3 is 2.65 bits per heavy atom. The van der Waals surface area contributed by atoms with Crippen LogP contribution in [0.3, 0.4) is 0 Å². The highest BCUT2D eigenvalue weighted by molar-refractivity contribution is 5.78. The number of carbonyl (C=O) groups is 1. The van der Waals surface area contributed by atoms with E-state index in [2.05, 4.69) is 0 Å². The minimum absolute atomic E-state index is 0.0642. The molecular weight excluding hydrogens is 258 g/mol. The van der Waals surface area contributed by atoms with E-state index in [1.54, 1.807) is 12.1 Å². The summed E-state index contributed by atoms with van der Waals surface area (Å²) < 4.78 is 11.5. The van der Waals surface area contributed by atoms with Crippen molar-refractivity contribution in [1.29, 1.82) is 0 Å². The summed E-state index contributed by atoms with van der Waals surface area (Å²) in [7, 11) is 0. The van der Waals surface area contributed by atoms with E-state index in [1.165, 1.54) is 0 Å². The Hall–Kier alpha value is -1.75. The summed E-state index contributed by atoms with van der Waals surface area (Å²) >= 11 is 0. The number of hydrogen-bond acceptors (Lipinski definition) is 4. The molecule has 0 aromatic heterocycles. The van der Waals surface area contributed by atoms with Gasteiger partial charge in [0, 0.05) is 18.5 Å². The van der Waals surface area contributed by atoms with Gasteiger partial charge in [-0.2, -0.15) is 0 Å². The van der Waals surface area contributed by atoms with Crippen molar-refractivity contribution in [2.45, 2.75) is 32.1 Å². The van der Waals surface area contributed by atoms with Crippen LogP contribution in [0.25, 0.3) is 0 Å². The van der Waals surface area contributed by atoms with Crippen molar-refractivity contribution in [2.75, 3.05) is 19.8 Å². The van der Waals surface area contributed by atoms with Crippen molar-refractivity contribution >= 4 is 5.97 Å². The molecule has 1 heterocycles. The third kappa shape index (κ3) is 2.72. The highest BCUT2D eigenvalue weighted by Gasteiger charge is 2.27. The molecule has 0 radical (unpaired) electrons. The second-order valence-electron chi connectivity index (χ2n) is 5.23. The number of ether oxygens (including phenoxy) is 2. The number of benzene rings is 1. The zero-order valence-corrected chi connectivity index (χ0v) is 11.9. The predicted octanol–water partition coefficient (Wildman–Crippen LogP) is 2.10. The first-order chi connectivity index (χ1) is 9.56. The molecule has 0 bridgehead atoms. The number of hydrogen-bond donors (Lipinski definition) is 2. The monoisotopic (exact) mass is 279 g/mol. The molecule has 0 fully saturated rings. The molecule has 0 amide bonds. The third-order valence-electron chi connectivity index (χ3n) is 3.47. The van der Waals surface area contributed by atoms with Crippen molar-refractivity contribution in [3.63, 3.8) is 0 Å². The molecule has 1 aliphatic rings. The number of carboxylic acids is 1. The van der Waals surface area contributed by atoms with Gasteiger partial charge in [0.15, 0.2) is 11.5 Å². The molecule has 110 valence electrons. The average Bonchev–Trinajstić information content (AvgIpc) is 2.63. The van der Waals surface area contributed by atoms with Gasteiger partial charge in [0.2, 0.25) is 0 Å². The molecule has 1 atom stereocenters. The Balaban J connectivity index is 2.58. The molecule has 5 nitrogen and oxygen atoms in total. The van der Waals surface area contributed by atoms with Gasteiger partial charge in [-0.1, -0.05) is 19.9 Å². The summed E-state index contributed by atoms with van der Waals surface area (Å²) in [5.41, 5.74) is 7.24. The first-order valence-corrected chi connectivity index (χ1v) is 6.91. The van der Waals surface area contributed by atoms with E-state index >= 15 is 0 Å². The number of fused-ring (bicyclic) bond motifs is 1. The first-order valence-electron chi connectivity index (χ1n) is 6.91. The smallest absolute Gasteiger partial charge is 0.312 e. The van der Waals surface area contributed by atoms with Crippen molar-refractivity contribution in [3.05, 3.63) is 23.3 Å². The summed E-state index contributed by atoms with van der Waals surface area (Å²) in [4.78, 5) is 11.4. The van der Waals surface area contributed by atoms with Crippen molar-refractivity contribution in [1.82, 2.24) is 0 Å². The van der Waals surface area contributed by atoms with Crippen molar-refractivity contribution in [3.8, 4) is 11.5 Å². The van der Waals surface area contributed by atoms with Crippen molar-refractivity contribution < 1.29 is 19.4 Å². The van der Waals surface area contributed by atoms with Crippen LogP contribution in [-0.4, -0.2) is 30.8 Å². The van der Waals surface area contributed by atoms with Crippen LogP contribution in [-0.2, 0) is 4.79 Å². The van der Waals surface area contributed by atoms with Gasteiger partial charge in [0.25, 0.3) is 0 Å². The van der Waals surface area contributed by atoms with Crippen LogP contribution in [0.5, 0.6) is 11.5 Å². The molecule has 0 saturated heterocycles. The van der Waals surface area contributed by atoms with Gasteiger partial charge in [-0.3, -0.25) is 4.79 Å². The molecule has 2 rings (SSSR count). The number of carboxylic acid groups (broad SMARTS) is 1. The first kappa shape index (κ1) is 14.7. The predicted molar refractivity (Wildman–Crippen MR) is 75.6 cm³/mol. The quantitative estimate of drug-likeness (QED) is 0.882. The normalized spacial score (nSPS) is 15.8. The van der Waals surface area contributed by atoms with Gasteiger partial charge in [-0.25, -0.2) is 0 Å². The number of nitrogens with two attached hydrogens (primary N) is 1. The molecule has 1 aromatic rings. The molecule has 0 saturated carbocycles. The summed E-state index contributed by atoms with van der Waals surface area (Å²) in [6.45, 7) is 5.29. The maximum atomic E-state index is 11.4. The maximum absolute atomic E-state index is 11.4. The van der Waals surface area contributed by atoms with Crippen molar-refractivity contribution in [2.24, 2.45) is 5.73 Å². The summed E-state index contributed by atoms with van der Waals surface area (Å²) in [6.07, 6.45) is 0.820. The van der Waals surface area contributed by atoms with E-state index in [9.17, 15) is 9.90 Å². The van der Waals surface area contributed by atoms with Crippen LogP contribution in [0.1, 0.15) is 43.2 Å². The fourth-order valence-electron chi connectivity index (χ4n) is 2.53. The largest absolute Gasteiger partial charge is 0.490 e. The second-order valence-corrected chi connectivity index (χ2v) is 5.23. The highest BCUT2D eigenvalue weighted by Crippen LogP contribution is 2.41. The maximum Gasteiger partial charge on any atom is 0.312 e. The lowest BCUT2D eigenvalue weighted by atomic mass is 9.87. The van der Waals surface area contributed by atoms with Gasteiger partial charge in [-0.05, 0) is 17.5 Å². The molecule has 1 aromatic carbocycles. The minimum Gasteiger partial charge on any atom is -0.490 e. The van der Waals surface area contributed by atoms with Gasteiger partial charge >= 0.3 is 5.97 Å². The fourth-order valence-corrected chi connectivity index (χ4v) is 2.53. The minimum atomic E-state index is -0.913. The van der Waals surface area contributed by atoms with E-state index in [0.29, 0.717) is 24.7 Å². The molecule has 20 heavy (non-hydrogen) atoms. The van der Waals surface area contributed by atoms with Gasteiger partial charge in [0.05, 0.1) is 19.1 Å². The third-order valence-corrected chi connectivity index (χ3v) is 3.47. The van der Waals surface area contributed by atoms with E-state index in [1.807, 2.05) is 13.8 Å². The lowest BCUT2D eigenvalue weighted by molar-refractivity contribution is -0.138. The number of rotatable bonds is 4. The molecule has 0 spiro atoms. The molecular formula is C15H21NO4. The Kier molecular flexibility index (Phi) is 4.49. The van der Waals surface area contributed by atoms with Crippen LogP contribution >= 0.6 is 0 Å². The van der Waals surface area contributed by atoms with E-state index in [-0.39, 0.29) is 12.5 Å². The topological polar surface area (TPSA) is 81.8 Å². The summed E-state index contributed by atoms with van der Waals surface area (Å²) in [5.74, 6) is -0.130. The Morgan fingerprint density at radius 2 is 2.05 bits per heavy atom. The fraction of sp³-hybridized carbons (Fsp3) is 0.533. The highest BCUT2D eigenvalue weighted by atomic mass is 16.5. The second kappa shape index (κ2) is 6.13. The standard InChI is InChI=1S/C15H21NO4/c1-9(2)13-10(11(8-16)15(17)18)4-5-12-14(13)20-7-3-6-19-12/h4-5,9,11H,3,6-8,16H2,1-2H3,(H,17,18). The molecule has 5 heteroatoms. The molecule has 1 aliphatic heterocycles.